The van der Waals surface area contributed by atoms with E-state index in [1.54, 1.807) is 42.5 Å². The molecule has 3 aromatic rings. The van der Waals surface area contributed by atoms with Crippen molar-refractivity contribution in [1.82, 2.24) is 5.43 Å². The van der Waals surface area contributed by atoms with Crippen LogP contribution in [0.1, 0.15) is 15.9 Å². The monoisotopic (exact) mass is 532 g/mol. The molecular formula is C25H22Cl2N2O7. The highest BCUT2D eigenvalue weighted by Crippen LogP contribution is 2.31. The van der Waals surface area contributed by atoms with E-state index < -0.39 is 11.9 Å². The van der Waals surface area contributed by atoms with Gasteiger partial charge in [-0.25, -0.2) is 10.2 Å². The molecule has 0 unspecified atom stereocenters. The first-order chi connectivity index (χ1) is 17.3. The summed E-state index contributed by atoms with van der Waals surface area (Å²) in [5.41, 5.74) is 3.20. The number of esters is 1. The SMILES string of the molecule is COc1ccc(C(=O)Oc2ccc(C=NNC(=O)COc3ccc(Cl)cc3Cl)cc2OC)cc1OC. The van der Waals surface area contributed by atoms with Gasteiger partial charge in [0.15, 0.2) is 29.6 Å². The molecule has 0 fully saturated rings. The van der Waals surface area contributed by atoms with E-state index in [2.05, 4.69) is 10.5 Å². The number of rotatable bonds is 10. The van der Waals surface area contributed by atoms with Gasteiger partial charge in [-0.1, -0.05) is 23.2 Å². The van der Waals surface area contributed by atoms with Gasteiger partial charge in [0.05, 0.1) is 38.1 Å². The van der Waals surface area contributed by atoms with Crippen LogP contribution in [0, 0.1) is 0 Å². The number of carbonyl (C=O) groups is 2. The average Bonchev–Trinajstić information content (AvgIpc) is 2.88. The second-order valence-electron chi connectivity index (χ2n) is 7.03. The third-order valence-corrected chi connectivity index (χ3v) is 5.20. The van der Waals surface area contributed by atoms with Crippen LogP contribution in [0.15, 0.2) is 59.7 Å². The van der Waals surface area contributed by atoms with E-state index in [4.69, 9.17) is 46.9 Å². The molecule has 9 nitrogen and oxygen atoms in total. The standard InChI is InChI=1S/C25H22Cl2N2O7/c1-32-20-8-5-16(11-23(20)34-3)25(31)36-21-7-4-15(10-22(21)33-2)13-28-29-24(30)14-35-19-9-6-17(26)12-18(19)27/h4-13H,14H2,1-3H3,(H,29,30). The summed E-state index contributed by atoms with van der Waals surface area (Å²) >= 11 is 11.8. The van der Waals surface area contributed by atoms with E-state index >= 15 is 0 Å². The molecule has 0 aliphatic heterocycles. The van der Waals surface area contributed by atoms with E-state index in [-0.39, 0.29) is 22.9 Å². The molecule has 0 aliphatic carbocycles. The second kappa shape index (κ2) is 12.7. The maximum Gasteiger partial charge on any atom is 0.343 e. The average molecular weight is 533 g/mol. The van der Waals surface area contributed by atoms with Gasteiger partial charge in [-0.2, -0.15) is 5.10 Å². The molecule has 0 saturated carbocycles. The van der Waals surface area contributed by atoms with Crippen molar-refractivity contribution in [2.45, 2.75) is 0 Å². The zero-order valence-electron chi connectivity index (χ0n) is 19.5. The van der Waals surface area contributed by atoms with Crippen molar-refractivity contribution < 1.29 is 33.3 Å². The van der Waals surface area contributed by atoms with Crippen molar-refractivity contribution >= 4 is 41.3 Å². The van der Waals surface area contributed by atoms with Crippen LogP contribution in [0.3, 0.4) is 0 Å². The van der Waals surface area contributed by atoms with Crippen molar-refractivity contribution in [1.29, 1.82) is 0 Å². The fraction of sp³-hybridized carbons (Fsp3) is 0.160. The smallest absolute Gasteiger partial charge is 0.343 e. The Morgan fingerprint density at radius 1 is 0.833 bits per heavy atom. The van der Waals surface area contributed by atoms with Gasteiger partial charge in [-0.15, -0.1) is 0 Å². The second-order valence-corrected chi connectivity index (χ2v) is 7.87. The number of methoxy groups -OCH3 is 3. The molecule has 0 saturated heterocycles. The van der Waals surface area contributed by atoms with Crippen molar-refractivity contribution in [3.63, 3.8) is 0 Å². The van der Waals surface area contributed by atoms with Crippen LogP contribution in [0.4, 0.5) is 0 Å². The third kappa shape index (κ3) is 7.03. The number of amides is 1. The Hall–Kier alpha value is -3.95. The summed E-state index contributed by atoms with van der Waals surface area (Å²) in [6.45, 7) is -0.299. The number of halogens is 2. The number of hydrazone groups is 1. The van der Waals surface area contributed by atoms with Crippen molar-refractivity contribution in [3.8, 4) is 28.7 Å². The quantitative estimate of drug-likeness (QED) is 0.173. The van der Waals surface area contributed by atoms with Gasteiger partial charge in [0.25, 0.3) is 5.91 Å². The highest BCUT2D eigenvalue weighted by atomic mass is 35.5. The van der Waals surface area contributed by atoms with Gasteiger partial charge >= 0.3 is 5.97 Å². The van der Waals surface area contributed by atoms with Gasteiger partial charge in [0.2, 0.25) is 0 Å². The number of hydrogen-bond donors (Lipinski definition) is 1. The first-order valence-corrected chi connectivity index (χ1v) is 11.1. The minimum atomic E-state index is -0.608. The zero-order chi connectivity index (χ0) is 26.1. The van der Waals surface area contributed by atoms with Crippen molar-refractivity contribution in [2.24, 2.45) is 5.10 Å². The Morgan fingerprint density at radius 3 is 2.19 bits per heavy atom. The normalized spacial score (nSPS) is 10.6. The van der Waals surface area contributed by atoms with Gasteiger partial charge < -0.3 is 23.7 Å². The molecule has 0 aliphatic rings. The highest BCUT2D eigenvalue weighted by molar-refractivity contribution is 6.35. The zero-order valence-corrected chi connectivity index (χ0v) is 21.1. The predicted octanol–water partition coefficient (Wildman–Crippen LogP) is 4.77. The molecule has 0 spiro atoms. The van der Waals surface area contributed by atoms with Crippen molar-refractivity contribution in [3.05, 3.63) is 75.8 Å². The molecule has 11 heteroatoms. The predicted molar refractivity (Wildman–Crippen MR) is 135 cm³/mol. The van der Waals surface area contributed by atoms with Crippen LogP contribution in [-0.4, -0.2) is 46.0 Å². The molecule has 36 heavy (non-hydrogen) atoms. The molecule has 3 rings (SSSR count). The number of nitrogens with zero attached hydrogens (tertiary/aromatic N) is 1. The Bertz CT molecular complexity index is 1280. The molecule has 188 valence electrons. The summed E-state index contributed by atoms with van der Waals surface area (Å²) < 4.78 is 26.5. The number of carbonyl (C=O) groups excluding carboxylic acids is 2. The molecule has 0 radical (unpaired) electrons. The van der Waals surface area contributed by atoms with E-state index in [0.29, 0.717) is 33.6 Å². The van der Waals surface area contributed by atoms with E-state index in [0.717, 1.165) is 0 Å². The summed E-state index contributed by atoms with van der Waals surface area (Å²) in [5.74, 6) is 0.597. The molecule has 0 bridgehead atoms. The van der Waals surface area contributed by atoms with Crippen molar-refractivity contribution in [2.75, 3.05) is 27.9 Å². The van der Waals surface area contributed by atoms with Crippen LogP contribution in [-0.2, 0) is 4.79 Å². The summed E-state index contributed by atoms with van der Waals surface area (Å²) in [5, 5.41) is 4.64. The maximum atomic E-state index is 12.6. The summed E-state index contributed by atoms with van der Waals surface area (Å²) in [7, 11) is 4.41. The topological polar surface area (TPSA) is 105 Å². The van der Waals surface area contributed by atoms with E-state index in [1.807, 2.05) is 0 Å². The summed E-state index contributed by atoms with van der Waals surface area (Å²) in [6.07, 6.45) is 1.40. The lowest BCUT2D eigenvalue weighted by atomic mass is 10.2. The Labute approximate surface area is 217 Å². The first-order valence-electron chi connectivity index (χ1n) is 10.4. The lowest BCUT2D eigenvalue weighted by molar-refractivity contribution is -0.123. The van der Waals surface area contributed by atoms with Gasteiger partial charge in [0, 0.05) is 5.02 Å². The molecule has 0 atom stereocenters. The van der Waals surface area contributed by atoms with Crippen LogP contribution < -0.4 is 29.1 Å². The maximum absolute atomic E-state index is 12.6. The Kier molecular flexibility index (Phi) is 9.38. The molecule has 0 heterocycles. The molecule has 1 N–H and O–H groups in total. The minimum absolute atomic E-state index is 0.201. The lowest BCUT2D eigenvalue weighted by Gasteiger charge is -2.11. The van der Waals surface area contributed by atoms with E-state index in [9.17, 15) is 9.59 Å². The Morgan fingerprint density at radius 2 is 1.50 bits per heavy atom. The molecule has 0 aromatic heterocycles. The molecular weight excluding hydrogens is 511 g/mol. The van der Waals surface area contributed by atoms with E-state index in [1.165, 1.54) is 39.7 Å². The van der Waals surface area contributed by atoms with Gasteiger partial charge in [-0.05, 0) is 60.2 Å². The number of ether oxygens (including phenoxy) is 5. The fourth-order valence-corrected chi connectivity index (χ4v) is 3.38. The van der Waals surface area contributed by atoms with Crippen LogP contribution in [0.25, 0.3) is 0 Å². The number of hydrogen-bond acceptors (Lipinski definition) is 8. The third-order valence-electron chi connectivity index (χ3n) is 4.67. The van der Waals surface area contributed by atoms with Gasteiger partial charge in [0.1, 0.15) is 5.75 Å². The lowest BCUT2D eigenvalue weighted by Crippen LogP contribution is -2.24. The Balaban J connectivity index is 1.60. The fourth-order valence-electron chi connectivity index (χ4n) is 2.92. The number of nitrogens with one attached hydrogen (secondary N) is 1. The van der Waals surface area contributed by atoms with Gasteiger partial charge in [-0.3, -0.25) is 4.79 Å². The minimum Gasteiger partial charge on any atom is -0.493 e. The van der Waals surface area contributed by atoms with Crippen LogP contribution >= 0.6 is 23.2 Å². The summed E-state index contributed by atoms with van der Waals surface area (Å²) in [4.78, 5) is 24.6. The van der Waals surface area contributed by atoms with Crippen LogP contribution in [0.2, 0.25) is 10.0 Å². The highest BCUT2D eigenvalue weighted by Gasteiger charge is 2.15. The molecule has 1 amide bonds. The summed E-state index contributed by atoms with van der Waals surface area (Å²) in [6, 6.07) is 14.1. The van der Waals surface area contributed by atoms with Crippen LogP contribution in [0.5, 0.6) is 28.7 Å². The first kappa shape index (κ1) is 26.7. The number of benzene rings is 3. The largest absolute Gasteiger partial charge is 0.493 e. The molecule has 3 aromatic carbocycles.